The molecule has 1 fully saturated rings. The van der Waals surface area contributed by atoms with Gasteiger partial charge in [-0.1, -0.05) is 6.42 Å². The summed E-state index contributed by atoms with van der Waals surface area (Å²) in [4.78, 5) is 3.87. The minimum Gasteiger partial charge on any atom is -0.319 e. The largest absolute Gasteiger partial charge is 0.319 e. The first-order valence-corrected chi connectivity index (χ1v) is 9.78. The molecule has 0 amide bonds. The lowest BCUT2D eigenvalue weighted by molar-refractivity contribution is 0.0791. The fourth-order valence-electron chi connectivity index (χ4n) is 2.67. The molecule has 2 rings (SSSR count). The minimum atomic E-state index is -3.46. The van der Waals surface area contributed by atoms with E-state index in [0.717, 1.165) is 37.1 Å². The van der Waals surface area contributed by atoms with E-state index in [4.69, 9.17) is 0 Å². The number of hydrogen-bond donors (Lipinski definition) is 2. The second kappa shape index (κ2) is 7.19. The molecule has 0 saturated carbocycles. The van der Waals surface area contributed by atoms with Gasteiger partial charge in [-0.3, -0.25) is 0 Å². The Balaban J connectivity index is 2.08. The number of sulfonamides is 1. The SMILES string of the molecule is CNCCc1ccc(S(=O)(=O)NN2C(C)CCCC2C)s1. The molecule has 2 N–H and O–H groups in total. The fourth-order valence-corrected chi connectivity index (χ4v) is 5.25. The van der Waals surface area contributed by atoms with Crippen LogP contribution in [-0.4, -0.2) is 39.1 Å². The third kappa shape index (κ3) is 4.26. The van der Waals surface area contributed by atoms with Gasteiger partial charge in [-0.25, -0.2) is 13.4 Å². The van der Waals surface area contributed by atoms with Crippen LogP contribution in [0, 0.1) is 0 Å². The number of hydrazine groups is 1. The Hall–Kier alpha value is -0.470. The van der Waals surface area contributed by atoms with Crippen LogP contribution in [0.2, 0.25) is 0 Å². The maximum atomic E-state index is 12.5. The summed E-state index contributed by atoms with van der Waals surface area (Å²) in [5.41, 5.74) is 0. The van der Waals surface area contributed by atoms with Gasteiger partial charge in [-0.05, 0) is 58.8 Å². The lowest BCUT2D eigenvalue weighted by atomic mass is 10.0. The summed E-state index contributed by atoms with van der Waals surface area (Å²) in [6, 6.07) is 4.09. The van der Waals surface area contributed by atoms with Crippen molar-refractivity contribution in [3.63, 3.8) is 0 Å². The van der Waals surface area contributed by atoms with E-state index in [0.29, 0.717) is 4.21 Å². The maximum absolute atomic E-state index is 12.5. The second-order valence-electron chi connectivity index (χ2n) is 5.71. The number of piperidine rings is 1. The summed E-state index contributed by atoms with van der Waals surface area (Å²) < 4.78 is 25.4. The fraction of sp³-hybridized carbons (Fsp3) is 0.714. The third-order valence-corrected chi connectivity index (χ3v) is 6.91. The van der Waals surface area contributed by atoms with Gasteiger partial charge in [0, 0.05) is 17.0 Å². The molecule has 7 heteroatoms. The van der Waals surface area contributed by atoms with Gasteiger partial charge in [0.15, 0.2) is 0 Å². The Bertz CT molecular complexity index is 546. The summed E-state index contributed by atoms with van der Waals surface area (Å²) in [6.45, 7) is 5.00. The molecule has 0 bridgehead atoms. The van der Waals surface area contributed by atoms with Gasteiger partial charge in [0.25, 0.3) is 10.0 Å². The lowest BCUT2D eigenvalue weighted by Gasteiger charge is -2.38. The Kier molecular flexibility index (Phi) is 5.79. The molecular formula is C14H25N3O2S2. The van der Waals surface area contributed by atoms with Crippen LogP contribution in [-0.2, 0) is 16.4 Å². The molecule has 120 valence electrons. The third-order valence-electron chi connectivity index (χ3n) is 3.94. The van der Waals surface area contributed by atoms with Gasteiger partial charge in [0.1, 0.15) is 4.21 Å². The molecule has 2 unspecified atom stereocenters. The average Bonchev–Trinajstić information content (AvgIpc) is 2.90. The molecule has 1 saturated heterocycles. The molecule has 1 aromatic rings. The van der Waals surface area contributed by atoms with Gasteiger partial charge in [0.05, 0.1) is 0 Å². The number of thiophene rings is 1. The van der Waals surface area contributed by atoms with Crippen LogP contribution in [0.5, 0.6) is 0 Å². The molecule has 1 aliphatic rings. The highest BCUT2D eigenvalue weighted by Crippen LogP contribution is 2.25. The first-order valence-electron chi connectivity index (χ1n) is 7.48. The summed E-state index contributed by atoms with van der Waals surface area (Å²) >= 11 is 1.35. The number of hydrogen-bond acceptors (Lipinski definition) is 5. The van der Waals surface area contributed by atoms with Crippen molar-refractivity contribution in [3.8, 4) is 0 Å². The Morgan fingerprint density at radius 1 is 1.29 bits per heavy atom. The first kappa shape index (κ1) is 16.9. The highest BCUT2D eigenvalue weighted by Gasteiger charge is 2.29. The smallest absolute Gasteiger partial charge is 0.262 e. The van der Waals surface area contributed by atoms with Crippen molar-refractivity contribution in [3.05, 3.63) is 17.0 Å². The molecule has 0 spiro atoms. The van der Waals surface area contributed by atoms with Crippen LogP contribution in [0.15, 0.2) is 16.3 Å². The van der Waals surface area contributed by atoms with Gasteiger partial charge in [-0.2, -0.15) is 0 Å². The van der Waals surface area contributed by atoms with Crippen molar-refractivity contribution >= 4 is 21.4 Å². The molecule has 21 heavy (non-hydrogen) atoms. The van der Waals surface area contributed by atoms with Crippen LogP contribution in [0.1, 0.15) is 38.0 Å². The highest BCUT2D eigenvalue weighted by molar-refractivity contribution is 7.91. The van der Waals surface area contributed by atoms with Crippen LogP contribution in [0.3, 0.4) is 0 Å². The van der Waals surface area contributed by atoms with Crippen LogP contribution in [0.4, 0.5) is 0 Å². The van der Waals surface area contributed by atoms with E-state index >= 15 is 0 Å². The number of nitrogens with one attached hydrogen (secondary N) is 2. The zero-order valence-corrected chi connectivity index (χ0v) is 14.6. The number of nitrogens with zero attached hydrogens (tertiary/aromatic N) is 1. The van der Waals surface area contributed by atoms with E-state index in [-0.39, 0.29) is 12.1 Å². The van der Waals surface area contributed by atoms with Crippen LogP contribution in [0.25, 0.3) is 0 Å². The average molecular weight is 332 g/mol. The molecular weight excluding hydrogens is 306 g/mol. The normalized spacial score (nSPS) is 24.3. The van der Waals surface area contributed by atoms with E-state index in [9.17, 15) is 8.42 Å². The predicted molar refractivity (Wildman–Crippen MR) is 86.9 cm³/mol. The van der Waals surface area contributed by atoms with Crippen molar-refractivity contribution in [2.24, 2.45) is 0 Å². The maximum Gasteiger partial charge on any atom is 0.262 e. The van der Waals surface area contributed by atoms with Crippen molar-refractivity contribution in [1.82, 2.24) is 15.2 Å². The van der Waals surface area contributed by atoms with Crippen LogP contribution < -0.4 is 10.1 Å². The van der Waals surface area contributed by atoms with Gasteiger partial charge in [0.2, 0.25) is 0 Å². The van der Waals surface area contributed by atoms with Crippen LogP contribution >= 0.6 is 11.3 Å². The summed E-state index contributed by atoms with van der Waals surface area (Å²) in [7, 11) is -1.56. The molecule has 1 aromatic heterocycles. The van der Waals surface area contributed by atoms with Gasteiger partial charge < -0.3 is 5.32 Å². The van der Waals surface area contributed by atoms with Gasteiger partial charge >= 0.3 is 0 Å². The standard InChI is InChI=1S/C14H25N3O2S2/c1-11-5-4-6-12(2)17(11)16-21(18,19)14-8-7-13(20-14)9-10-15-3/h7-8,11-12,15-16H,4-6,9-10H2,1-3H3. The summed E-state index contributed by atoms with van der Waals surface area (Å²) in [6.07, 6.45) is 4.08. The molecule has 0 radical (unpaired) electrons. The van der Waals surface area contributed by atoms with E-state index in [1.807, 2.05) is 18.1 Å². The second-order valence-corrected chi connectivity index (χ2v) is 8.76. The predicted octanol–water partition coefficient (Wildman–Crippen LogP) is 1.97. The monoisotopic (exact) mass is 331 g/mol. The zero-order valence-electron chi connectivity index (χ0n) is 12.9. The quantitative estimate of drug-likeness (QED) is 0.837. The van der Waals surface area contributed by atoms with Crippen molar-refractivity contribution < 1.29 is 8.42 Å². The molecule has 5 nitrogen and oxygen atoms in total. The Morgan fingerprint density at radius 2 is 1.95 bits per heavy atom. The molecule has 1 aliphatic heterocycles. The molecule has 2 atom stereocenters. The summed E-state index contributed by atoms with van der Waals surface area (Å²) in [5.74, 6) is 0. The zero-order chi connectivity index (χ0) is 15.5. The van der Waals surface area contributed by atoms with Crippen molar-refractivity contribution in [2.75, 3.05) is 13.6 Å². The first-order chi connectivity index (χ1) is 9.94. The topological polar surface area (TPSA) is 61.4 Å². The van der Waals surface area contributed by atoms with Gasteiger partial charge in [-0.15, -0.1) is 16.2 Å². The lowest BCUT2D eigenvalue weighted by Crippen LogP contribution is -2.53. The van der Waals surface area contributed by atoms with Crippen molar-refractivity contribution in [1.29, 1.82) is 0 Å². The number of likely N-dealkylation sites (N-methyl/N-ethyl adjacent to an activating group) is 1. The van der Waals surface area contributed by atoms with E-state index in [1.165, 1.54) is 11.3 Å². The minimum absolute atomic E-state index is 0.243. The van der Waals surface area contributed by atoms with E-state index < -0.39 is 10.0 Å². The van der Waals surface area contributed by atoms with E-state index in [1.54, 1.807) is 6.07 Å². The summed E-state index contributed by atoms with van der Waals surface area (Å²) in [5, 5.41) is 4.97. The molecule has 0 aromatic carbocycles. The number of rotatable bonds is 6. The highest BCUT2D eigenvalue weighted by atomic mass is 32.2. The Labute approximate surface area is 131 Å². The Morgan fingerprint density at radius 3 is 2.57 bits per heavy atom. The molecule has 0 aliphatic carbocycles. The van der Waals surface area contributed by atoms with Crippen molar-refractivity contribution in [2.45, 2.75) is 55.8 Å². The molecule has 2 heterocycles. The van der Waals surface area contributed by atoms with E-state index in [2.05, 4.69) is 24.0 Å².